The number of aromatic nitrogens is 2. The van der Waals surface area contributed by atoms with Crippen molar-refractivity contribution in [2.75, 3.05) is 0 Å². The summed E-state index contributed by atoms with van der Waals surface area (Å²) in [6.07, 6.45) is 0. The van der Waals surface area contributed by atoms with Gasteiger partial charge in [0.2, 0.25) is 0 Å². The minimum absolute atomic E-state index is 0.596. The fraction of sp³-hybridized carbons (Fsp3) is 0.333. The lowest BCUT2D eigenvalue weighted by Gasteiger charge is -1.96. The Labute approximate surface area is 77.8 Å². The van der Waals surface area contributed by atoms with E-state index in [1.54, 1.807) is 4.68 Å². The van der Waals surface area contributed by atoms with Crippen LogP contribution in [-0.4, -0.2) is 9.78 Å². The van der Waals surface area contributed by atoms with Gasteiger partial charge in [-0.1, -0.05) is 18.2 Å². The van der Waals surface area contributed by atoms with Gasteiger partial charge < -0.3 is 0 Å². The average Bonchev–Trinajstić information content (AvgIpc) is 2.30. The highest BCUT2D eigenvalue weighted by atomic mass is 35.5. The Kier molecular flexibility index (Phi) is 2.58. The Morgan fingerprint density at radius 3 is 2.50 bits per heavy atom. The van der Waals surface area contributed by atoms with Crippen molar-refractivity contribution in [2.45, 2.75) is 20.4 Å². The van der Waals surface area contributed by atoms with Crippen molar-refractivity contribution in [3.63, 3.8) is 0 Å². The lowest BCUT2D eigenvalue weighted by Crippen LogP contribution is -1.98. The number of hydrogen-bond acceptors (Lipinski definition) is 1. The predicted octanol–water partition coefficient (Wildman–Crippen LogP) is 2.71. The molecule has 1 rings (SSSR count). The molecule has 0 fully saturated rings. The molecule has 0 atom stereocenters. The molecule has 2 nitrogen and oxygen atoms in total. The summed E-state index contributed by atoms with van der Waals surface area (Å²) in [5.74, 6) is 0. The van der Waals surface area contributed by atoms with E-state index in [1.807, 2.05) is 13.8 Å². The van der Waals surface area contributed by atoms with Crippen LogP contribution in [0.3, 0.4) is 0 Å². The first-order valence-corrected chi connectivity index (χ1v) is 4.13. The Morgan fingerprint density at radius 1 is 1.67 bits per heavy atom. The number of rotatable bonds is 2. The van der Waals surface area contributed by atoms with Gasteiger partial charge in [-0.2, -0.15) is 5.10 Å². The molecule has 0 bridgehead atoms. The largest absolute Gasteiger partial charge is 0.268 e. The van der Waals surface area contributed by atoms with Crippen LogP contribution >= 0.6 is 11.6 Å². The second-order valence-electron chi connectivity index (χ2n) is 2.75. The van der Waals surface area contributed by atoms with E-state index in [-0.39, 0.29) is 0 Å². The maximum atomic E-state index is 6.02. The summed E-state index contributed by atoms with van der Waals surface area (Å²) < 4.78 is 1.77. The van der Waals surface area contributed by atoms with Crippen molar-refractivity contribution < 1.29 is 0 Å². The quantitative estimate of drug-likeness (QED) is 0.690. The smallest absolute Gasteiger partial charge is 0.106 e. The normalized spacial score (nSPS) is 10.3. The van der Waals surface area contributed by atoms with Crippen LogP contribution in [-0.2, 0) is 6.54 Å². The van der Waals surface area contributed by atoms with E-state index in [4.69, 9.17) is 11.6 Å². The summed E-state index contributed by atoms with van der Waals surface area (Å²) in [4.78, 5) is 0. The first-order chi connectivity index (χ1) is 5.57. The van der Waals surface area contributed by atoms with E-state index in [2.05, 4.69) is 18.6 Å². The summed E-state index contributed by atoms with van der Waals surface area (Å²) >= 11 is 6.02. The number of halogens is 1. The van der Waals surface area contributed by atoms with Gasteiger partial charge in [0.05, 0.1) is 10.7 Å². The predicted molar refractivity (Wildman–Crippen MR) is 52.0 cm³/mol. The lowest BCUT2D eigenvalue weighted by molar-refractivity contribution is 0.674. The molecule has 0 aliphatic carbocycles. The third kappa shape index (κ3) is 1.39. The molecule has 12 heavy (non-hydrogen) atoms. The van der Waals surface area contributed by atoms with Gasteiger partial charge in [-0.25, -0.2) is 0 Å². The Balaban J connectivity index is 3.25. The molecule has 0 aliphatic rings. The van der Waals surface area contributed by atoms with Crippen LogP contribution in [0.1, 0.15) is 18.3 Å². The fourth-order valence-corrected chi connectivity index (χ4v) is 1.31. The Morgan fingerprint density at radius 2 is 2.25 bits per heavy atom. The summed E-state index contributed by atoms with van der Waals surface area (Å²) in [5.41, 5.74) is 2.61. The van der Waals surface area contributed by atoms with E-state index in [0.29, 0.717) is 11.6 Å². The molecule has 0 N–H and O–H groups in total. The minimum Gasteiger partial charge on any atom is -0.268 e. The Hall–Kier alpha value is -0.760. The van der Waals surface area contributed by atoms with Gasteiger partial charge in [0, 0.05) is 6.54 Å². The molecule has 0 saturated carbocycles. The molecule has 3 heteroatoms. The van der Waals surface area contributed by atoms with Crippen LogP contribution in [0.5, 0.6) is 0 Å². The molecule has 0 amide bonds. The van der Waals surface area contributed by atoms with E-state index in [1.165, 1.54) is 0 Å². The molecule has 0 spiro atoms. The first-order valence-electron chi connectivity index (χ1n) is 3.76. The van der Waals surface area contributed by atoms with Crippen molar-refractivity contribution in [2.24, 2.45) is 0 Å². The van der Waals surface area contributed by atoms with Gasteiger partial charge in [-0.3, -0.25) is 4.68 Å². The molecule has 1 radical (unpaired) electrons. The highest BCUT2D eigenvalue weighted by molar-refractivity contribution is 6.32. The zero-order valence-electron chi connectivity index (χ0n) is 7.39. The van der Waals surface area contributed by atoms with E-state index in [9.17, 15) is 0 Å². The van der Waals surface area contributed by atoms with Gasteiger partial charge in [-0.15, -0.1) is 0 Å². The molecule has 1 aromatic rings. The van der Waals surface area contributed by atoms with Crippen molar-refractivity contribution in [3.8, 4) is 0 Å². The van der Waals surface area contributed by atoms with E-state index < -0.39 is 0 Å². The van der Waals surface area contributed by atoms with Gasteiger partial charge in [0.15, 0.2) is 0 Å². The van der Waals surface area contributed by atoms with E-state index in [0.717, 1.165) is 17.0 Å². The molecule has 0 unspecified atom stereocenters. The molecule has 65 valence electrons. The van der Waals surface area contributed by atoms with Crippen LogP contribution < -0.4 is 0 Å². The zero-order chi connectivity index (χ0) is 9.30. The molecule has 0 aliphatic heterocycles. The molecule has 1 aromatic heterocycles. The average molecular weight is 184 g/mol. The number of allylic oxidation sites excluding steroid dienone is 1. The van der Waals surface area contributed by atoms with Crippen LogP contribution in [0, 0.1) is 13.8 Å². The third-order valence-corrected chi connectivity index (χ3v) is 2.20. The van der Waals surface area contributed by atoms with Crippen molar-refractivity contribution >= 4 is 17.2 Å². The van der Waals surface area contributed by atoms with Crippen molar-refractivity contribution in [1.29, 1.82) is 0 Å². The van der Waals surface area contributed by atoms with Crippen LogP contribution in [0.2, 0.25) is 5.02 Å². The van der Waals surface area contributed by atoms with Crippen molar-refractivity contribution in [1.82, 2.24) is 9.78 Å². The molecule has 1 heterocycles. The molecular formula is C9H12ClN2. The number of nitrogens with zero attached hydrogens (tertiary/aromatic N) is 2. The summed E-state index contributed by atoms with van der Waals surface area (Å²) in [7, 11) is 0. The van der Waals surface area contributed by atoms with Crippen LogP contribution in [0.4, 0.5) is 0 Å². The van der Waals surface area contributed by atoms with Gasteiger partial charge in [-0.05, 0) is 26.3 Å². The highest BCUT2D eigenvalue weighted by Crippen LogP contribution is 2.24. The standard InChI is InChI=1S/C9H12ClN2/c1-5-12-7(4)8(10)9(11-12)6(2)3/h1-2,5H2,3-4H3. The van der Waals surface area contributed by atoms with Crippen molar-refractivity contribution in [3.05, 3.63) is 29.9 Å². The fourth-order valence-electron chi connectivity index (χ4n) is 1.01. The van der Waals surface area contributed by atoms with Crippen LogP contribution in [0.15, 0.2) is 6.58 Å². The Bertz CT molecular complexity index is 313. The summed E-state index contributed by atoms with van der Waals surface area (Å²) in [6.45, 7) is 11.9. The highest BCUT2D eigenvalue weighted by Gasteiger charge is 2.11. The topological polar surface area (TPSA) is 17.8 Å². The number of hydrogen-bond donors (Lipinski definition) is 0. The molecular weight excluding hydrogens is 172 g/mol. The molecule has 0 saturated heterocycles. The minimum atomic E-state index is 0.596. The second kappa shape index (κ2) is 3.31. The second-order valence-corrected chi connectivity index (χ2v) is 3.13. The summed E-state index contributed by atoms with van der Waals surface area (Å²) in [6, 6.07) is 0. The third-order valence-electron chi connectivity index (χ3n) is 1.75. The van der Waals surface area contributed by atoms with Gasteiger partial charge in [0.25, 0.3) is 0 Å². The summed E-state index contributed by atoms with van der Waals surface area (Å²) in [5, 5.41) is 4.94. The first kappa shape index (κ1) is 9.33. The molecule has 0 aromatic carbocycles. The maximum Gasteiger partial charge on any atom is 0.106 e. The van der Waals surface area contributed by atoms with Gasteiger partial charge >= 0.3 is 0 Å². The van der Waals surface area contributed by atoms with Gasteiger partial charge in [0.1, 0.15) is 5.69 Å². The SMILES string of the molecule is [CH2]Cn1nc(C(=C)C)c(Cl)c1C. The van der Waals surface area contributed by atoms with E-state index >= 15 is 0 Å². The van der Waals surface area contributed by atoms with Crippen LogP contribution in [0.25, 0.3) is 5.57 Å². The zero-order valence-corrected chi connectivity index (χ0v) is 8.15. The lowest BCUT2D eigenvalue weighted by atomic mass is 10.2. The monoisotopic (exact) mass is 183 g/mol. The maximum absolute atomic E-state index is 6.02.